The molecule has 2 aromatic carbocycles. The second-order valence-electron chi connectivity index (χ2n) is 12.8. The molecule has 3 heterocycles. The summed E-state index contributed by atoms with van der Waals surface area (Å²) in [6.45, 7) is 11.6. The molecule has 2 aromatic heterocycles. The minimum absolute atomic E-state index is 0.178. The lowest BCUT2D eigenvalue weighted by molar-refractivity contribution is 0.0172. The third kappa shape index (κ3) is 7.04. The number of carbonyl (C=O) groups is 2. The van der Waals surface area contributed by atoms with E-state index in [1.54, 1.807) is 66.8 Å². The van der Waals surface area contributed by atoms with E-state index in [1.165, 1.54) is 4.57 Å². The summed E-state index contributed by atoms with van der Waals surface area (Å²) in [6.07, 6.45) is 1.81. The largest absolute Gasteiger partial charge is 0.457 e. The lowest BCUT2D eigenvalue weighted by Gasteiger charge is -2.34. The number of para-hydroxylation sites is 1. The first-order valence-electron chi connectivity index (χ1n) is 14.7. The van der Waals surface area contributed by atoms with E-state index >= 15 is 0 Å². The van der Waals surface area contributed by atoms with Gasteiger partial charge >= 0.3 is 17.9 Å². The summed E-state index contributed by atoms with van der Waals surface area (Å²) in [5.41, 5.74) is -0.162. The van der Waals surface area contributed by atoms with Crippen molar-refractivity contribution in [3.63, 3.8) is 0 Å². The smallest absolute Gasteiger partial charge is 0.413 e. The van der Waals surface area contributed by atoms with Gasteiger partial charge in [0.2, 0.25) is 0 Å². The Morgan fingerprint density at radius 2 is 1.55 bits per heavy atom. The van der Waals surface area contributed by atoms with Crippen molar-refractivity contribution < 1.29 is 23.8 Å². The number of rotatable bonds is 5. The monoisotopic (exact) mass is 601 g/mol. The summed E-state index contributed by atoms with van der Waals surface area (Å²) in [5, 5.41) is 2.74. The molecule has 0 radical (unpaired) electrons. The molecule has 1 saturated heterocycles. The number of ether oxygens (including phenoxy) is 3. The van der Waals surface area contributed by atoms with Crippen molar-refractivity contribution in [1.82, 2.24) is 19.0 Å². The highest BCUT2D eigenvalue weighted by molar-refractivity contribution is 5.96. The van der Waals surface area contributed by atoms with Crippen molar-refractivity contribution in [3.05, 3.63) is 77.3 Å². The van der Waals surface area contributed by atoms with Crippen LogP contribution in [0.1, 0.15) is 60.4 Å². The number of nitrogens with one attached hydrogen (secondary N) is 1. The molecular weight excluding hydrogens is 562 g/mol. The van der Waals surface area contributed by atoms with Crippen LogP contribution in [-0.4, -0.2) is 55.5 Å². The molecule has 0 bridgehead atoms. The Kier molecular flexibility index (Phi) is 8.40. The van der Waals surface area contributed by atoms with E-state index < -0.39 is 23.4 Å². The second-order valence-corrected chi connectivity index (χ2v) is 12.8. The van der Waals surface area contributed by atoms with E-state index in [0.717, 1.165) is 0 Å². The van der Waals surface area contributed by atoms with Gasteiger partial charge < -0.3 is 19.1 Å². The van der Waals surface area contributed by atoms with Gasteiger partial charge in [-0.1, -0.05) is 18.2 Å². The van der Waals surface area contributed by atoms with Gasteiger partial charge in [-0.15, -0.1) is 0 Å². The Hall–Kier alpha value is -4.80. The van der Waals surface area contributed by atoms with Crippen LogP contribution in [0, 0.1) is 0 Å². The first kappa shape index (κ1) is 30.7. The molecule has 0 aliphatic carbocycles. The lowest BCUT2D eigenvalue weighted by atomic mass is 10.1. The van der Waals surface area contributed by atoms with Crippen LogP contribution >= 0.6 is 0 Å². The number of likely N-dealkylation sites (tertiary alicyclic amines) is 1. The number of piperidine rings is 1. The van der Waals surface area contributed by atoms with Crippen molar-refractivity contribution in [2.45, 2.75) is 71.6 Å². The number of hydrogen-bond acceptors (Lipinski definition) is 7. The number of hydrogen-bond donors (Lipinski definition) is 1. The predicted octanol–water partition coefficient (Wildman–Crippen LogP) is 6.90. The molecule has 5 rings (SSSR count). The summed E-state index contributed by atoms with van der Waals surface area (Å²) < 4.78 is 20.3. The number of anilines is 1. The molecule has 1 fully saturated rings. The van der Waals surface area contributed by atoms with Crippen LogP contribution in [0.5, 0.6) is 11.5 Å². The fourth-order valence-corrected chi connectivity index (χ4v) is 5.19. The zero-order valence-electron chi connectivity index (χ0n) is 26.0. The third-order valence-corrected chi connectivity index (χ3v) is 6.89. The zero-order valence-corrected chi connectivity index (χ0v) is 26.0. The van der Waals surface area contributed by atoms with Crippen LogP contribution in [-0.2, 0) is 9.47 Å². The lowest BCUT2D eigenvalue weighted by Crippen LogP contribution is -2.45. The maximum Gasteiger partial charge on any atom is 0.413 e. The number of imidazole rings is 1. The summed E-state index contributed by atoms with van der Waals surface area (Å²) in [4.78, 5) is 46.2. The van der Waals surface area contributed by atoms with E-state index in [9.17, 15) is 14.4 Å². The van der Waals surface area contributed by atoms with Crippen LogP contribution in [0.15, 0.2) is 71.7 Å². The van der Waals surface area contributed by atoms with Gasteiger partial charge in [-0.25, -0.2) is 19.4 Å². The Morgan fingerprint density at radius 1 is 0.886 bits per heavy atom. The van der Waals surface area contributed by atoms with Crippen molar-refractivity contribution in [2.24, 2.45) is 0 Å². The molecule has 0 spiro atoms. The molecule has 11 nitrogen and oxygen atoms in total. The number of nitrogens with zero attached hydrogens (tertiary/aromatic N) is 4. The Morgan fingerprint density at radius 3 is 2.20 bits per heavy atom. The summed E-state index contributed by atoms with van der Waals surface area (Å²) in [6, 6.07) is 17.9. The molecule has 0 saturated carbocycles. The maximum absolute atomic E-state index is 14.3. The molecule has 4 aromatic rings. The average Bonchev–Trinajstić information content (AvgIpc) is 3.25. The van der Waals surface area contributed by atoms with Gasteiger partial charge in [0.25, 0.3) is 0 Å². The van der Waals surface area contributed by atoms with E-state index in [4.69, 9.17) is 14.2 Å². The number of benzene rings is 2. The summed E-state index contributed by atoms with van der Waals surface area (Å²) in [5.74, 6) is 1.47. The zero-order chi connectivity index (χ0) is 31.6. The highest BCUT2D eigenvalue weighted by Gasteiger charge is 2.32. The van der Waals surface area contributed by atoms with E-state index in [0.29, 0.717) is 54.2 Å². The Labute approximate surface area is 256 Å². The minimum Gasteiger partial charge on any atom is -0.457 e. The number of amides is 2. The van der Waals surface area contributed by atoms with Gasteiger partial charge in [-0.05, 0) is 96.8 Å². The summed E-state index contributed by atoms with van der Waals surface area (Å²) >= 11 is 0. The molecule has 1 aliphatic rings. The number of pyridine rings is 1. The van der Waals surface area contributed by atoms with E-state index in [-0.39, 0.29) is 17.5 Å². The van der Waals surface area contributed by atoms with Crippen LogP contribution in [0.3, 0.4) is 0 Å². The van der Waals surface area contributed by atoms with Crippen LogP contribution in [0.25, 0.3) is 16.7 Å². The fourth-order valence-electron chi connectivity index (χ4n) is 5.19. The Bertz CT molecular complexity index is 1700. The molecular formula is C33H39N5O6. The van der Waals surface area contributed by atoms with E-state index in [1.807, 2.05) is 51.1 Å². The second kappa shape index (κ2) is 12.1. The SMILES string of the molecule is CC(C)(C)OC(=O)Nc1nccc2c1n(-c1ccc(Oc3ccccc3)cc1)c(=O)n2C1CCCN(C(=O)OC(C)(C)C)C1. The van der Waals surface area contributed by atoms with Gasteiger partial charge in [0.1, 0.15) is 28.2 Å². The molecule has 1 aliphatic heterocycles. The molecule has 44 heavy (non-hydrogen) atoms. The van der Waals surface area contributed by atoms with Crippen LogP contribution < -0.4 is 15.7 Å². The highest BCUT2D eigenvalue weighted by Crippen LogP contribution is 2.31. The van der Waals surface area contributed by atoms with Crippen molar-refractivity contribution in [2.75, 3.05) is 18.4 Å². The molecule has 1 unspecified atom stereocenters. The molecule has 1 N–H and O–H groups in total. The summed E-state index contributed by atoms with van der Waals surface area (Å²) in [7, 11) is 0. The number of fused-ring (bicyclic) bond motifs is 1. The van der Waals surface area contributed by atoms with Crippen LogP contribution in [0.2, 0.25) is 0 Å². The molecule has 1 atom stereocenters. The van der Waals surface area contributed by atoms with Crippen molar-refractivity contribution in [3.8, 4) is 17.2 Å². The number of carbonyl (C=O) groups excluding carboxylic acids is 2. The van der Waals surface area contributed by atoms with Gasteiger partial charge in [0.05, 0.1) is 17.2 Å². The number of aromatic nitrogens is 3. The van der Waals surface area contributed by atoms with Gasteiger partial charge in [0, 0.05) is 19.3 Å². The Balaban J connectivity index is 1.57. The van der Waals surface area contributed by atoms with Crippen LogP contribution in [0.4, 0.5) is 15.4 Å². The normalized spacial score (nSPS) is 15.6. The first-order chi connectivity index (χ1) is 20.8. The van der Waals surface area contributed by atoms with Crippen molar-refractivity contribution >= 4 is 29.0 Å². The maximum atomic E-state index is 14.3. The molecule has 2 amide bonds. The average molecular weight is 602 g/mol. The third-order valence-electron chi connectivity index (χ3n) is 6.89. The molecule has 11 heteroatoms. The predicted molar refractivity (Wildman–Crippen MR) is 168 cm³/mol. The van der Waals surface area contributed by atoms with Crippen molar-refractivity contribution in [1.29, 1.82) is 0 Å². The minimum atomic E-state index is -0.731. The molecule has 232 valence electrons. The fraction of sp³-hybridized carbons (Fsp3) is 0.394. The first-order valence-corrected chi connectivity index (χ1v) is 14.7. The standard InChI is InChI=1S/C33H39N5O6/c1-32(2,3)43-29(39)35-28-27-26(18-19-34-28)37(23-11-10-20-36(21-23)31(41)44-33(4,5)6)30(40)38(27)22-14-16-25(17-15-22)42-24-12-8-7-9-13-24/h7-9,12-19,23H,10-11,20-21H2,1-6H3,(H,34,35,39). The van der Waals surface area contributed by atoms with E-state index in [2.05, 4.69) is 10.3 Å². The highest BCUT2D eigenvalue weighted by atomic mass is 16.6. The van der Waals surface area contributed by atoms with Gasteiger partial charge in [-0.2, -0.15) is 0 Å². The van der Waals surface area contributed by atoms with Gasteiger partial charge in [-0.3, -0.25) is 14.5 Å². The van der Waals surface area contributed by atoms with Gasteiger partial charge in [0.15, 0.2) is 5.82 Å². The quantitative estimate of drug-likeness (QED) is 0.264. The topological polar surface area (TPSA) is 117 Å².